The van der Waals surface area contributed by atoms with Gasteiger partial charge in [0.2, 0.25) is 16.0 Å². The molecule has 1 aliphatic heterocycles. The summed E-state index contributed by atoms with van der Waals surface area (Å²) in [7, 11) is -0.810. The average Bonchev–Trinajstić information content (AvgIpc) is 2.67. The van der Waals surface area contributed by atoms with Gasteiger partial charge in [0.15, 0.2) is 11.5 Å². The monoisotopic (exact) mass is 473 g/mol. The Kier molecular flexibility index (Phi) is 5.87. The van der Waals surface area contributed by atoms with Gasteiger partial charge in [0.1, 0.15) is 5.82 Å². The van der Waals surface area contributed by atoms with Crippen molar-refractivity contribution in [3.05, 3.63) is 52.5 Å². The lowest BCUT2D eigenvalue weighted by Gasteiger charge is -2.52. The molecule has 0 radical (unpaired) electrons. The predicted octanol–water partition coefficient (Wildman–Crippen LogP) is 2.12. The Hall–Kier alpha value is -2.53. The summed E-state index contributed by atoms with van der Waals surface area (Å²) in [4.78, 5) is 20.0. The first-order valence-electron chi connectivity index (χ1n) is 9.24. The predicted molar refractivity (Wildman–Crippen MR) is 113 cm³/mol. The summed E-state index contributed by atoms with van der Waals surface area (Å²) in [6.07, 6.45) is 3.98. The molecule has 1 fully saturated rings. The molecule has 0 bridgehead atoms. The van der Waals surface area contributed by atoms with E-state index in [1.54, 1.807) is 26.0 Å². The molecule has 2 unspecified atom stereocenters. The van der Waals surface area contributed by atoms with Crippen LogP contribution in [0.15, 0.2) is 40.1 Å². The van der Waals surface area contributed by atoms with E-state index in [-0.39, 0.29) is 18.1 Å². The maximum Gasteiger partial charge on any atom is 0.277 e. The number of rotatable bonds is 3. The van der Waals surface area contributed by atoms with Crippen LogP contribution >= 0.6 is 11.6 Å². The fourth-order valence-electron chi connectivity index (χ4n) is 3.66. The Morgan fingerprint density at radius 2 is 2.03 bits per heavy atom. The maximum absolute atomic E-state index is 13.9. The Morgan fingerprint density at radius 1 is 1.35 bits per heavy atom. The second-order valence-corrected chi connectivity index (χ2v) is 10.3. The van der Waals surface area contributed by atoms with Gasteiger partial charge in [-0.25, -0.2) is 26.5 Å². The molecule has 2 N–H and O–H groups in total. The van der Waals surface area contributed by atoms with E-state index >= 15 is 0 Å². The van der Waals surface area contributed by atoms with E-state index in [1.165, 1.54) is 14.1 Å². The van der Waals surface area contributed by atoms with Crippen molar-refractivity contribution in [2.75, 3.05) is 19.8 Å². The molecule has 0 saturated carbocycles. The van der Waals surface area contributed by atoms with Crippen LogP contribution in [0, 0.1) is 17.0 Å². The summed E-state index contributed by atoms with van der Waals surface area (Å²) in [5.74, 6) is -2.96. The highest BCUT2D eigenvalue weighted by atomic mass is 35.5. The van der Waals surface area contributed by atoms with Crippen molar-refractivity contribution in [1.82, 2.24) is 19.9 Å². The number of hydrogen-bond acceptors (Lipinski definition) is 5. The van der Waals surface area contributed by atoms with E-state index in [4.69, 9.17) is 11.6 Å². The summed E-state index contributed by atoms with van der Waals surface area (Å²) >= 11 is 6.53. The van der Waals surface area contributed by atoms with Gasteiger partial charge >= 0.3 is 0 Å². The molecule has 2 aliphatic rings. The zero-order valence-electron chi connectivity index (χ0n) is 17.3. The summed E-state index contributed by atoms with van der Waals surface area (Å²) in [6, 6.07) is 0.567. The third-order valence-electron chi connectivity index (χ3n) is 5.80. The van der Waals surface area contributed by atoms with E-state index in [0.717, 1.165) is 10.5 Å². The van der Waals surface area contributed by atoms with Gasteiger partial charge in [-0.2, -0.15) is 0 Å². The van der Waals surface area contributed by atoms with Crippen LogP contribution in [0.1, 0.15) is 30.8 Å². The number of allylic oxidation sites excluding steroid dienone is 3. The van der Waals surface area contributed by atoms with Crippen LogP contribution < -0.4 is 10.6 Å². The number of halogens is 3. The second-order valence-electron chi connectivity index (χ2n) is 7.88. The minimum absolute atomic E-state index is 0.136. The molecule has 8 nitrogen and oxygen atoms in total. The number of amides is 1. The number of pyridine rings is 1. The van der Waals surface area contributed by atoms with Crippen LogP contribution in [0.2, 0.25) is 0 Å². The van der Waals surface area contributed by atoms with Crippen molar-refractivity contribution < 1.29 is 22.0 Å². The molecule has 0 aromatic carbocycles. The quantitative estimate of drug-likeness (QED) is 0.699. The van der Waals surface area contributed by atoms with Gasteiger partial charge in [-0.3, -0.25) is 9.79 Å². The highest BCUT2D eigenvalue weighted by Crippen LogP contribution is 2.49. The molecule has 1 aromatic heterocycles. The SMILES string of the molecule is CN=C1NC(C)(C2(C)CC(NC(=O)c3ncc(F)cc3F)=CC=C2Cl)CS(=O)(=O)N1C. The molecule has 1 aromatic rings. The lowest BCUT2D eigenvalue weighted by Crippen LogP contribution is -2.69. The van der Waals surface area contributed by atoms with Gasteiger partial charge < -0.3 is 10.6 Å². The van der Waals surface area contributed by atoms with Gasteiger partial charge in [0.25, 0.3) is 5.91 Å². The molecule has 0 spiro atoms. The Labute approximate surface area is 184 Å². The minimum Gasteiger partial charge on any atom is -0.348 e. The second kappa shape index (κ2) is 7.86. The number of guanidine groups is 1. The number of nitrogens with one attached hydrogen (secondary N) is 2. The maximum atomic E-state index is 13.9. The van der Waals surface area contributed by atoms with Gasteiger partial charge in [0.05, 0.1) is 17.5 Å². The molecule has 12 heteroatoms. The number of aromatic nitrogens is 1. The molecule has 2 atom stereocenters. The van der Waals surface area contributed by atoms with Crippen molar-refractivity contribution in [2.45, 2.75) is 25.8 Å². The normalized spacial score (nSPS) is 29.1. The lowest BCUT2D eigenvalue weighted by atomic mass is 9.67. The zero-order chi connectivity index (χ0) is 23.2. The number of nitrogens with zero attached hydrogens (tertiary/aromatic N) is 3. The molecule has 3 rings (SSSR count). The van der Waals surface area contributed by atoms with Crippen LogP contribution in [-0.2, 0) is 10.0 Å². The minimum atomic E-state index is -3.68. The number of carbonyl (C=O) groups excluding carboxylic acids is 1. The highest BCUT2D eigenvalue weighted by Gasteiger charge is 2.54. The average molecular weight is 474 g/mol. The van der Waals surface area contributed by atoms with E-state index in [2.05, 4.69) is 20.6 Å². The molecule has 1 amide bonds. The van der Waals surface area contributed by atoms with Crippen LogP contribution in [0.25, 0.3) is 0 Å². The Bertz CT molecular complexity index is 1140. The molecule has 31 heavy (non-hydrogen) atoms. The van der Waals surface area contributed by atoms with Crippen LogP contribution in [0.3, 0.4) is 0 Å². The highest BCUT2D eigenvalue weighted by molar-refractivity contribution is 7.89. The first-order chi connectivity index (χ1) is 14.3. The fraction of sp³-hybridized carbons (Fsp3) is 0.421. The summed E-state index contributed by atoms with van der Waals surface area (Å²) < 4.78 is 53.6. The molecular formula is C19H22ClF2N5O3S. The van der Waals surface area contributed by atoms with Gasteiger partial charge in [-0.1, -0.05) is 18.5 Å². The van der Waals surface area contributed by atoms with Crippen LogP contribution in [0.4, 0.5) is 8.78 Å². The first-order valence-corrected chi connectivity index (χ1v) is 11.2. The first kappa shape index (κ1) is 23.1. The number of aliphatic imine (C=N–C) groups is 1. The van der Waals surface area contributed by atoms with Crippen molar-refractivity contribution in [3.63, 3.8) is 0 Å². The van der Waals surface area contributed by atoms with E-state index in [0.29, 0.717) is 16.8 Å². The van der Waals surface area contributed by atoms with Crippen molar-refractivity contribution in [1.29, 1.82) is 0 Å². The third kappa shape index (κ3) is 4.03. The summed E-state index contributed by atoms with van der Waals surface area (Å²) in [5.41, 5.74) is -2.23. The number of hydrogen-bond donors (Lipinski definition) is 2. The summed E-state index contributed by atoms with van der Waals surface area (Å²) in [6.45, 7) is 3.48. The summed E-state index contributed by atoms with van der Waals surface area (Å²) in [5, 5.41) is 6.10. The van der Waals surface area contributed by atoms with Gasteiger partial charge in [-0.15, -0.1) is 0 Å². The van der Waals surface area contributed by atoms with Crippen molar-refractivity contribution >= 4 is 33.5 Å². The lowest BCUT2D eigenvalue weighted by molar-refractivity contribution is 0.0948. The standard InChI is InChI=1S/C19H22ClF2N5O3S/c1-18(19(2)10-31(29,30)27(4)17(23-3)26-19)8-12(5-6-14(18)20)25-16(28)15-13(22)7-11(21)9-24-15/h5-7,9H,8,10H2,1-4H3,(H,23,26)(H,25,28). The zero-order valence-corrected chi connectivity index (χ0v) is 18.9. The van der Waals surface area contributed by atoms with Crippen molar-refractivity contribution in [3.8, 4) is 0 Å². The Morgan fingerprint density at radius 3 is 2.65 bits per heavy atom. The largest absolute Gasteiger partial charge is 0.348 e. The van der Waals surface area contributed by atoms with Gasteiger partial charge in [-0.05, 0) is 19.1 Å². The third-order valence-corrected chi connectivity index (χ3v) is 8.30. The molecular weight excluding hydrogens is 452 g/mol. The molecule has 168 valence electrons. The topological polar surface area (TPSA) is 104 Å². The van der Waals surface area contributed by atoms with Gasteiger partial charge in [0, 0.05) is 42.7 Å². The number of carbonyl (C=O) groups is 1. The van der Waals surface area contributed by atoms with E-state index in [9.17, 15) is 22.0 Å². The fourth-order valence-corrected chi connectivity index (χ4v) is 5.71. The van der Waals surface area contributed by atoms with Crippen LogP contribution in [0.5, 0.6) is 0 Å². The number of sulfonamides is 1. The smallest absolute Gasteiger partial charge is 0.277 e. The van der Waals surface area contributed by atoms with Crippen LogP contribution in [-0.4, -0.2) is 55.0 Å². The van der Waals surface area contributed by atoms with E-state index < -0.39 is 44.2 Å². The molecule has 1 saturated heterocycles. The molecule has 1 aliphatic carbocycles. The van der Waals surface area contributed by atoms with E-state index in [1.807, 2.05) is 0 Å². The molecule has 2 heterocycles. The Balaban J connectivity index is 1.91. The van der Waals surface area contributed by atoms with Crippen molar-refractivity contribution in [2.24, 2.45) is 10.4 Å².